The predicted octanol–water partition coefficient (Wildman–Crippen LogP) is 5.41. The lowest BCUT2D eigenvalue weighted by Gasteiger charge is -2.07. The van der Waals surface area contributed by atoms with Gasteiger partial charge < -0.3 is 24.3 Å². The zero-order valence-electron chi connectivity index (χ0n) is 18.0. The minimum Gasteiger partial charge on any atom is -0.497 e. The van der Waals surface area contributed by atoms with Gasteiger partial charge in [0.1, 0.15) is 23.0 Å². The van der Waals surface area contributed by atoms with E-state index in [0.717, 1.165) is 11.1 Å². The Balaban J connectivity index is 1.58. The van der Waals surface area contributed by atoms with Crippen molar-refractivity contribution in [2.24, 2.45) is 0 Å². The Morgan fingerprint density at radius 1 is 0.688 bits per heavy atom. The monoisotopic (exact) mass is 433 g/mol. The number of methoxy groups -OCH3 is 2. The Kier molecular flexibility index (Phi) is 7.48. The summed E-state index contributed by atoms with van der Waals surface area (Å²) >= 11 is 0. The number of carbonyl (C=O) groups excluding carboxylic acids is 2. The van der Waals surface area contributed by atoms with Crippen molar-refractivity contribution in [1.29, 1.82) is 0 Å². The van der Waals surface area contributed by atoms with Gasteiger partial charge in [0.2, 0.25) is 5.91 Å². The van der Waals surface area contributed by atoms with E-state index >= 15 is 0 Å². The van der Waals surface area contributed by atoms with Gasteiger partial charge in [-0.1, -0.05) is 24.3 Å². The highest BCUT2D eigenvalue weighted by atomic mass is 16.7. The molecule has 0 aliphatic carbocycles. The van der Waals surface area contributed by atoms with Crippen molar-refractivity contribution in [3.05, 3.63) is 77.9 Å². The van der Waals surface area contributed by atoms with Gasteiger partial charge in [0.25, 0.3) is 0 Å². The van der Waals surface area contributed by atoms with Gasteiger partial charge in [-0.05, 0) is 59.7 Å². The fourth-order valence-electron chi connectivity index (χ4n) is 2.79. The maximum atomic E-state index is 12.0. The first-order chi connectivity index (χ1) is 15.4. The minimum atomic E-state index is -0.857. The van der Waals surface area contributed by atoms with Crippen LogP contribution in [0.5, 0.6) is 23.0 Å². The molecular weight excluding hydrogens is 410 g/mol. The fourth-order valence-corrected chi connectivity index (χ4v) is 2.79. The second-order valence-electron chi connectivity index (χ2n) is 6.71. The van der Waals surface area contributed by atoms with Gasteiger partial charge in [0.05, 0.1) is 14.2 Å². The Hall–Kier alpha value is -4.26. The van der Waals surface area contributed by atoms with E-state index in [4.69, 9.17) is 18.9 Å². The fraction of sp³-hybridized carbons (Fsp3) is 0.120. The Labute approximate surface area is 186 Å². The molecule has 7 nitrogen and oxygen atoms in total. The van der Waals surface area contributed by atoms with Crippen molar-refractivity contribution in [2.45, 2.75) is 6.92 Å². The number of nitrogens with one attached hydrogen (secondary N) is 1. The first kappa shape index (κ1) is 22.4. The quantitative estimate of drug-likeness (QED) is 0.305. The van der Waals surface area contributed by atoms with E-state index < -0.39 is 6.16 Å². The summed E-state index contributed by atoms with van der Waals surface area (Å²) in [5, 5.41) is 2.63. The SMILES string of the molecule is COc1cc(/C=C/c2ccc(OC(=O)Oc3ccc(NC(C)=O)cc3)cc2)cc(OC)c1. The molecule has 0 unspecified atom stereocenters. The number of benzene rings is 3. The lowest BCUT2D eigenvalue weighted by Crippen LogP contribution is -2.13. The maximum Gasteiger partial charge on any atom is 0.519 e. The van der Waals surface area contributed by atoms with Crippen LogP contribution in [-0.4, -0.2) is 26.3 Å². The number of anilines is 1. The molecule has 0 fully saturated rings. The van der Waals surface area contributed by atoms with Crippen molar-refractivity contribution >= 4 is 29.9 Å². The molecule has 0 saturated carbocycles. The molecular formula is C25H23NO6. The van der Waals surface area contributed by atoms with E-state index in [0.29, 0.717) is 28.7 Å². The predicted molar refractivity (Wildman–Crippen MR) is 122 cm³/mol. The van der Waals surface area contributed by atoms with Gasteiger partial charge in [0.15, 0.2) is 0 Å². The van der Waals surface area contributed by atoms with Crippen LogP contribution >= 0.6 is 0 Å². The molecule has 1 N–H and O–H groups in total. The highest BCUT2D eigenvalue weighted by Crippen LogP contribution is 2.24. The van der Waals surface area contributed by atoms with E-state index in [-0.39, 0.29) is 5.91 Å². The molecule has 0 radical (unpaired) electrons. The summed E-state index contributed by atoms with van der Waals surface area (Å²) in [7, 11) is 3.21. The molecule has 7 heteroatoms. The molecule has 1 amide bonds. The van der Waals surface area contributed by atoms with Gasteiger partial charge in [-0.25, -0.2) is 4.79 Å². The average Bonchev–Trinajstić information content (AvgIpc) is 2.79. The third-order valence-corrected chi connectivity index (χ3v) is 4.30. The first-order valence-corrected chi connectivity index (χ1v) is 9.73. The van der Waals surface area contributed by atoms with E-state index in [1.165, 1.54) is 6.92 Å². The molecule has 0 atom stereocenters. The molecule has 3 aromatic rings. The van der Waals surface area contributed by atoms with E-state index in [9.17, 15) is 9.59 Å². The van der Waals surface area contributed by atoms with Crippen LogP contribution in [0.3, 0.4) is 0 Å². The number of rotatable bonds is 7. The van der Waals surface area contributed by atoms with Crippen LogP contribution in [0.4, 0.5) is 10.5 Å². The molecule has 0 aliphatic rings. The van der Waals surface area contributed by atoms with E-state index in [1.54, 1.807) is 56.7 Å². The summed E-state index contributed by atoms with van der Waals surface area (Å²) in [5.74, 6) is 1.88. The van der Waals surface area contributed by atoms with Crippen LogP contribution in [0.1, 0.15) is 18.1 Å². The van der Waals surface area contributed by atoms with Crippen LogP contribution in [0.15, 0.2) is 66.7 Å². The zero-order chi connectivity index (χ0) is 22.9. The van der Waals surface area contributed by atoms with Gasteiger partial charge in [-0.15, -0.1) is 0 Å². The number of ether oxygens (including phenoxy) is 4. The minimum absolute atomic E-state index is 0.181. The van der Waals surface area contributed by atoms with Crippen LogP contribution < -0.4 is 24.3 Å². The molecule has 0 spiro atoms. The van der Waals surface area contributed by atoms with Crippen molar-refractivity contribution < 1.29 is 28.5 Å². The maximum absolute atomic E-state index is 12.0. The van der Waals surface area contributed by atoms with Gasteiger partial charge in [-0.2, -0.15) is 0 Å². The standard InChI is InChI=1S/C25H23NO6/c1-17(27)26-20-8-12-22(13-9-20)32-25(28)31-21-10-6-18(7-11-21)4-5-19-14-23(29-2)16-24(15-19)30-3/h4-16H,1-3H3,(H,26,27)/b5-4+. The third kappa shape index (κ3) is 6.63. The topological polar surface area (TPSA) is 83.1 Å². The molecule has 3 rings (SSSR count). The molecule has 0 aromatic heterocycles. The van der Waals surface area contributed by atoms with Crippen LogP contribution in [0.25, 0.3) is 12.2 Å². The molecule has 0 aliphatic heterocycles. The van der Waals surface area contributed by atoms with Gasteiger partial charge in [0, 0.05) is 18.7 Å². The van der Waals surface area contributed by atoms with Crippen molar-refractivity contribution in [3.8, 4) is 23.0 Å². The Morgan fingerprint density at radius 3 is 1.69 bits per heavy atom. The molecule has 32 heavy (non-hydrogen) atoms. The van der Waals surface area contributed by atoms with E-state index in [2.05, 4.69) is 5.32 Å². The highest BCUT2D eigenvalue weighted by Gasteiger charge is 2.08. The van der Waals surface area contributed by atoms with E-state index in [1.807, 2.05) is 36.4 Å². The van der Waals surface area contributed by atoms with Crippen LogP contribution in [0, 0.1) is 0 Å². The largest absolute Gasteiger partial charge is 0.519 e. The summed E-state index contributed by atoms with van der Waals surface area (Å²) in [6, 6.07) is 19.0. The van der Waals surface area contributed by atoms with Gasteiger partial charge in [-0.3, -0.25) is 4.79 Å². The lowest BCUT2D eigenvalue weighted by molar-refractivity contribution is -0.114. The normalized spacial score (nSPS) is 10.5. The summed E-state index contributed by atoms with van der Waals surface area (Å²) in [5.41, 5.74) is 2.45. The molecule has 3 aromatic carbocycles. The summed E-state index contributed by atoms with van der Waals surface area (Å²) in [6.07, 6.45) is 3.00. The van der Waals surface area contributed by atoms with Crippen molar-refractivity contribution in [1.82, 2.24) is 0 Å². The number of hydrogen-bond acceptors (Lipinski definition) is 6. The van der Waals surface area contributed by atoms with Crippen molar-refractivity contribution in [2.75, 3.05) is 19.5 Å². The summed E-state index contributed by atoms with van der Waals surface area (Å²) < 4.78 is 20.9. The molecule has 164 valence electrons. The third-order valence-electron chi connectivity index (χ3n) is 4.30. The summed E-state index contributed by atoms with van der Waals surface area (Å²) in [4.78, 5) is 23.0. The molecule has 0 heterocycles. The lowest BCUT2D eigenvalue weighted by atomic mass is 10.1. The smallest absolute Gasteiger partial charge is 0.497 e. The second-order valence-corrected chi connectivity index (χ2v) is 6.71. The Morgan fingerprint density at radius 2 is 1.19 bits per heavy atom. The Bertz CT molecular complexity index is 1080. The first-order valence-electron chi connectivity index (χ1n) is 9.73. The summed E-state index contributed by atoms with van der Waals surface area (Å²) in [6.45, 7) is 1.42. The van der Waals surface area contributed by atoms with Crippen LogP contribution in [0.2, 0.25) is 0 Å². The van der Waals surface area contributed by atoms with Crippen molar-refractivity contribution in [3.63, 3.8) is 0 Å². The number of hydrogen-bond donors (Lipinski definition) is 1. The van der Waals surface area contributed by atoms with Crippen LogP contribution in [-0.2, 0) is 4.79 Å². The van der Waals surface area contributed by atoms with Gasteiger partial charge >= 0.3 is 6.16 Å². The number of carbonyl (C=O) groups is 2. The second kappa shape index (κ2) is 10.7. The zero-order valence-corrected chi connectivity index (χ0v) is 18.0. The molecule has 0 bridgehead atoms. The average molecular weight is 433 g/mol. The highest BCUT2D eigenvalue weighted by molar-refractivity contribution is 5.88. The molecule has 0 saturated heterocycles. The number of amides is 1.